The zero-order valence-electron chi connectivity index (χ0n) is 14.3. The van der Waals surface area contributed by atoms with Crippen molar-refractivity contribution < 1.29 is 9.53 Å². The van der Waals surface area contributed by atoms with E-state index in [-0.39, 0.29) is 5.78 Å². The van der Waals surface area contributed by atoms with Crippen molar-refractivity contribution in [1.82, 2.24) is 0 Å². The van der Waals surface area contributed by atoms with Gasteiger partial charge >= 0.3 is 0 Å². The molecule has 0 spiro atoms. The molecule has 0 radical (unpaired) electrons. The van der Waals surface area contributed by atoms with E-state index in [1.54, 1.807) is 6.92 Å². The lowest BCUT2D eigenvalue weighted by Gasteiger charge is -2.17. The first kappa shape index (κ1) is 17.1. The first-order chi connectivity index (χ1) is 11.0. The average Bonchev–Trinajstić information content (AvgIpc) is 2.55. The van der Waals surface area contributed by atoms with Crippen molar-refractivity contribution in [3.05, 3.63) is 58.7 Å². The van der Waals surface area contributed by atoms with Crippen LogP contribution in [0.5, 0.6) is 5.75 Å². The van der Waals surface area contributed by atoms with Gasteiger partial charge in [-0.1, -0.05) is 32.0 Å². The van der Waals surface area contributed by atoms with Gasteiger partial charge in [-0.3, -0.25) is 4.79 Å². The van der Waals surface area contributed by atoms with E-state index in [4.69, 9.17) is 10.5 Å². The number of ether oxygens (including phenoxy) is 1. The summed E-state index contributed by atoms with van der Waals surface area (Å²) in [5.74, 6) is 0.554. The predicted molar refractivity (Wildman–Crippen MR) is 95.2 cm³/mol. The highest BCUT2D eigenvalue weighted by atomic mass is 16.5. The van der Waals surface area contributed by atoms with Crippen LogP contribution in [-0.4, -0.2) is 11.9 Å². The van der Waals surface area contributed by atoms with Gasteiger partial charge in [-0.25, -0.2) is 0 Å². The van der Waals surface area contributed by atoms with E-state index in [1.807, 2.05) is 37.3 Å². The fourth-order valence-electron chi connectivity index (χ4n) is 2.62. The predicted octanol–water partition coefficient (Wildman–Crippen LogP) is 4.35. The minimum absolute atomic E-state index is 0.00266. The molecular formula is C20H25NO2. The number of aryl methyl sites for hydroxylation is 3. The Morgan fingerprint density at radius 3 is 2.48 bits per heavy atom. The van der Waals surface area contributed by atoms with E-state index in [0.717, 1.165) is 35.1 Å². The maximum Gasteiger partial charge on any atom is 0.203 e. The number of hydrogen-bond acceptors (Lipinski definition) is 3. The Hall–Kier alpha value is -2.29. The SMILES string of the molecule is CCc1ccc(CC)c(C(=O)C(C)Oc2ccc(C)cc2N)c1. The van der Waals surface area contributed by atoms with Crippen molar-refractivity contribution in [1.29, 1.82) is 0 Å². The van der Waals surface area contributed by atoms with Gasteiger partial charge in [0.15, 0.2) is 6.10 Å². The lowest BCUT2D eigenvalue weighted by Crippen LogP contribution is -2.25. The molecule has 0 aromatic heterocycles. The van der Waals surface area contributed by atoms with Crippen LogP contribution in [0.4, 0.5) is 5.69 Å². The van der Waals surface area contributed by atoms with Gasteiger partial charge in [0.2, 0.25) is 5.78 Å². The molecule has 0 heterocycles. The van der Waals surface area contributed by atoms with Crippen LogP contribution in [-0.2, 0) is 12.8 Å². The quantitative estimate of drug-likeness (QED) is 0.637. The van der Waals surface area contributed by atoms with E-state index in [1.165, 1.54) is 0 Å². The first-order valence-electron chi connectivity index (χ1n) is 8.15. The zero-order chi connectivity index (χ0) is 17.0. The van der Waals surface area contributed by atoms with Crippen LogP contribution in [0, 0.1) is 6.92 Å². The fourth-order valence-corrected chi connectivity index (χ4v) is 2.62. The Morgan fingerprint density at radius 1 is 1.13 bits per heavy atom. The summed E-state index contributed by atoms with van der Waals surface area (Å²) < 4.78 is 5.81. The van der Waals surface area contributed by atoms with Gasteiger partial charge < -0.3 is 10.5 Å². The van der Waals surface area contributed by atoms with Crippen molar-refractivity contribution in [2.45, 2.75) is 46.6 Å². The summed E-state index contributed by atoms with van der Waals surface area (Å²) in [4.78, 5) is 12.8. The molecule has 3 nitrogen and oxygen atoms in total. The van der Waals surface area contributed by atoms with Gasteiger partial charge in [0.1, 0.15) is 5.75 Å². The van der Waals surface area contributed by atoms with Crippen LogP contribution in [0.1, 0.15) is 47.8 Å². The van der Waals surface area contributed by atoms with E-state index in [9.17, 15) is 4.79 Å². The molecule has 0 saturated carbocycles. The molecule has 1 atom stereocenters. The number of rotatable bonds is 6. The standard InChI is InChI=1S/C20H25NO2/c1-5-15-8-9-16(6-2)17(12-15)20(22)14(4)23-19-10-7-13(3)11-18(19)21/h7-12,14H,5-6,21H2,1-4H3. The first-order valence-corrected chi connectivity index (χ1v) is 8.15. The number of nitrogens with two attached hydrogens (primary N) is 1. The van der Waals surface area contributed by atoms with E-state index in [0.29, 0.717) is 11.4 Å². The molecule has 0 amide bonds. The summed E-state index contributed by atoms with van der Waals surface area (Å²) in [5.41, 5.74) is 10.6. The van der Waals surface area contributed by atoms with Crippen LogP contribution in [0.15, 0.2) is 36.4 Å². The highest BCUT2D eigenvalue weighted by Gasteiger charge is 2.20. The van der Waals surface area contributed by atoms with Gasteiger partial charge in [-0.2, -0.15) is 0 Å². The topological polar surface area (TPSA) is 52.3 Å². The Labute approximate surface area is 138 Å². The molecular weight excluding hydrogens is 286 g/mol. The number of Topliss-reactive ketones (excluding diaryl/α,β-unsaturated/α-hetero) is 1. The third kappa shape index (κ3) is 3.92. The molecule has 122 valence electrons. The largest absolute Gasteiger partial charge is 0.480 e. The lowest BCUT2D eigenvalue weighted by atomic mass is 9.96. The summed E-state index contributed by atoms with van der Waals surface area (Å²) in [5, 5.41) is 0. The van der Waals surface area contributed by atoms with Crippen molar-refractivity contribution >= 4 is 11.5 Å². The molecule has 2 rings (SSSR count). The Bertz CT molecular complexity index is 707. The molecule has 23 heavy (non-hydrogen) atoms. The van der Waals surface area contributed by atoms with E-state index >= 15 is 0 Å². The van der Waals surface area contributed by atoms with E-state index in [2.05, 4.69) is 19.9 Å². The highest BCUT2D eigenvalue weighted by Crippen LogP contribution is 2.25. The molecule has 2 aromatic rings. The number of ketones is 1. The van der Waals surface area contributed by atoms with Crippen molar-refractivity contribution in [2.75, 3.05) is 5.73 Å². The van der Waals surface area contributed by atoms with Crippen LogP contribution < -0.4 is 10.5 Å². The van der Waals surface area contributed by atoms with Crippen LogP contribution >= 0.6 is 0 Å². The maximum absolute atomic E-state index is 12.8. The molecule has 0 saturated heterocycles. The van der Waals surface area contributed by atoms with Gasteiger partial charge in [0.05, 0.1) is 5.69 Å². The van der Waals surface area contributed by atoms with Crippen LogP contribution in [0.3, 0.4) is 0 Å². The average molecular weight is 311 g/mol. The van der Waals surface area contributed by atoms with Crippen LogP contribution in [0.2, 0.25) is 0 Å². The van der Waals surface area contributed by atoms with Gasteiger partial charge in [0.25, 0.3) is 0 Å². The van der Waals surface area contributed by atoms with Gasteiger partial charge in [-0.05, 0) is 61.6 Å². The number of nitrogen functional groups attached to an aromatic ring is 1. The number of carbonyl (C=O) groups excluding carboxylic acids is 1. The third-order valence-corrected chi connectivity index (χ3v) is 4.07. The monoisotopic (exact) mass is 311 g/mol. The minimum Gasteiger partial charge on any atom is -0.480 e. The summed E-state index contributed by atoms with van der Waals surface area (Å²) in [6.45, 7) is 7.89. The number of hydrogen-bond donors (Lipinski definition) is 1. The number of anilines is 1. The smallest absolute Gasteiger partial charge is 0.203 e. The van der Waals surface area contributed by atoms with Crippen LogP contribution in [0.25, 0.3) is 0 Å². The lowest BCUT2D eigenvalue weighted by molar-refractivity contribution is 0.0818. The molecule has 0 aliphatic carbocycles. The highest BCUT2D eigenvalue weighted by molar-refractivity contribution is 6.01. The summed E-state index contributed by atoms with van der Waals surface area (Å²) >= 11 is 0. The molecule has 0 bridgehead atoms. The van der Waals surface area contributed by atoms with Gasteiger partial charge in [-0.15, -0.1) is 0 Å². The normalized spacial score (nSPS) is 12.0. The molecule has 0 aliphatic heterocycles. The summed E-state index contributed by atoms with van der Waals surface area (Å²) in [6, 6.07) is 11.7. The molecule has 2 aromatic carbocycles. The Kier molecular flexibility index (Phi) is 5.43. The number of benzene rings is 2. The minimum atomic E-state index is -0.572. The van der Waals surface area contributed by atoms with Gasteiger partial charge in [0, 0.05) is 5.56 Å². The molecule has 3 heteroatoms. The summed E-state index contributed by atoms with van der Waals surface area (Å²) in [6.07, 6.45) is 1.16. The second kappa shape index (κ2) is 7.32. The zero-order valence-corrected chi connectivity index (χ0v) is 14.3. The Morgan fingerprint density at radius 2 is 1.87 bits per heavy atom. The van der Waals surface area contributed by atoms with E-state index < -0.39 is 6.10 Å². The van der Waals surface area contributed by atoms with Crippen molar-refractivity contribution in [3.8, 4) is 5.75 Å². The molecule has 1 unspecified atom stereocenters. The maximum atomic E-state index is 12.8. The third-order valence-electron chi connectivity index (χ3n) is 4.07. The molecule has 2 N–H and O–H groups in total. The fraction of sp³-hybridized carbons (Fsp3) is 0.350. The van der Waals surface area contributed by atoms with Crippen molar-refractivity contribution in [2.24, 2.45) is 0 Å². The second-order valence-corrected chi connectivity index (χ2v) is 5.86. The van der Waals surface area contributed by atoms with Crippen molar-refractivity contribution in [3.63, 3.8) is 0 Å². The summed E-state index contributed by atoms with van der Waals surface area (Å²) in [7, 11) is 0. The second-order valence-electron chi connectivity index (χ2n) is 5.86. The molecule has 0 fully saturated rings. The molecule has 0 aliphatic rings. The Balaban J connectivity index is 2.25. The number of carbonyl (C=O) groups is 1.